The Balaban J connectivity index is 1.41. The van der Waals surface area contributed by atoms with Crippen LogP contribution in [-0.2, 0) is 19.5 Å². The maximum absolute atomic E-state index is 12.7. The Labute approximate surface area is 227 Å². The number of anilines is 2. The Morgan fingerprint density at radius 1 is 1.22 bits per heavy atom. The molecule has 1 aliphatic rings. The van der Waals surface area contributed by atoms with Gasteiger partial charge >= 0.3 is 0 Å². The topological polar surface area (TPSA) is 124 Å². The fourth-order valence-electron chi connectivity index (χ4n) is 4.47. The summed E-state index contributed by atoms with van der Waals surface area (Å²) in [6.45, 7) is 2.91. The highest BCUT2D eigenvalue weighted by Crippen LogP contribution is 2.35. The van der Waals surface area contributed by atoms with Crippen molar-refractivity contribution in [2.24, 2.45) is 5.73 Å². The number of carbonyl (C=O) groups excluding carboxylic acids is 2. The Morgan fingerprint density at radius 2 is 2.05 bits per heavy atom. The van der Waals surface area contributed by atoms with Gasteiger partial charge in [0.05, 0.1) is 18.9 Å². The second-order valence-electron chi connectivity index (χ2n) is 8.74. The predicted octanol–water partition coefficient (Wildman–Crippen LogP) is 4.20. The summed E-state index contributed by atoms with van der Waals surface area (Å²) in [4.78, 5) is 29.2. The second kappa shape index (κ2) is 10.2. The quantitative estimate of drug-likeness (QED) is 0.282. The molecule has 0 spiro atoms. The van der Waals surface area contributed by atoms with E-state index in [1.165, 1.54) is 18.9 Å². The number of ether oxygens (including phenoxy) is 1. The van der Waals surface area contributed by atoms with Crippen LogP contribution in [0, 0.1) is 10.5 Å². The number of nitrogens with one attached hydrogen (secondary N) is 2. The maximum Gasteiger partial charge on any atom is 0.255 e. The number of aromatic nitrogens is 3. The molecule has 1 aliphatic heterocycles. The van der Waals surface area contributed by atoms with Crippen LogP contribution in [0.25, 0.3) is 11.3 Å². The van der Waals surface area contributed by atoms with Crippen molar-refractivity contribution in [1.82, 2.24) is 20.1 Å². The summed E-state index contributed by atoms with van der Waals surface area (Å²) >= 11 is 2.29. The molecular formula is C27H25IN6O3. The summed E-state index contributed by atoms with van der Waals surface area (Å²) in [5.41, 5.74) is 11.9. The average Bonchev–Trinajstić information content (AvgIpc) is 3.16. The first-order chi connectivity index (χ1) is 17.9. The lowest BCUT2D eigenvalue weighted by atomic mass is 10.0. The van der Waals surface area contributed by atoms with E-state index in [-0.39, 0.29) is 5.91 Å². The van der Waals surface area contributed by atoms with Gasteiger partial charge in [0, 0.05) is 34.1 Å². The van der Waals surface area contributed by atoms with Crippen LogP contribution in [0.2, 0.25) is 0 Å². The number of hydrogen-bond donors (Lipinski definition) is 3. The van der Waals surface area contributed by atoms with Gasteiger partial charge in [-0.15, -0.1) is 0 Å². The monoisotopic (exact) mass is 608 g/mol. The Kier molecular flexibility index (Phi) is 6.83. The molecule has 5 rings (SSSR count). The first-order valence-electron chi connectivity index (χ1n) is 11.7. The van der Waals surface area contributed by atoms with Crippen LogP contribution in [0.4, 0.5) is 11.5 Å². The molecule has 0 atom stereocenters. The molecule has 0 radical (unpaired) electrons. The molecule has 4 N–H and O–H groups in total. The van der Waals surface area contributed by atoms with Crippen molar-refractivity contribution >= 4 is 45.9 Å². The third-order valence-corrected chi connectivity index (χ3v) is 7.09. The molecule has 10 heteroatoms. The zero-order chi connectivity index (χ0) is 26.1. The fraction of sp³-hybridized carbons (Fsp3) is 0.185. The van der Waals surface area contributed by atoms with Crippen LogP contribution in [0.5, 0.6) is 5.75 Å². The number of pyridine rings is 1. The van der Waals surface area contributed by atoms with Gasteiger partial charge in [0.15, 0.2) is 0 Å². The molecule has 2 aromatic carbocycles. The molecular weight excluding hydrogens is 583 g/mol. The van der Waals surface area contributed by atoms with Gasteiger partial charge in [-0.05, 0) is 83.0 Å². The van der Waals surface area contributed by atoms with E-state index in [0.29, 0.717) is 41.5 Å². The van der Waals surface area contributed by atoms with E-state index in [0.717, 1.165) is 32.4 Å². The summed E-state index contributed by atoms with van der Waals surface area (Å²) in [5, 5.41) is 11.1. The summed E-state index contributed by atoms with van der Waals surface area (Å²) in [7, 11) is 1.50. The fourth-order valence-corrected chi connectivity index (χ4v) is 5.03. The highest BCUT2D eigenvalue weighted by Gasteiger charge is 2.26. The molecule has 2 aromatic heterocycles. The number of fused-ring (bicyclic) bond motifs is 2. The Bertz CT molecular complexity index is 1530. The molecule has 0 bridgehead atoms. The predicted molar refractivity (Wildman–Crippen MR) is 149 cm³/mol. The van der Waals surface area contributed by atoms with Crippen molar-refractivity contribution in [3.05, 3.63) is 86.2 Å². The van der Waals surface area contributed by atoms with Gasteiger partial charge in [0.2, 0.25) is 0 Å². The number of nitrogens with two attached hydrogens (primary N) is 1. The van der Waals surface area contributed by atoms with Crippen molar-refractivity contribution in [2.45, 2.75) is 26.4 Å². The van der Waals surface area contributed by atoms with Crippen molar-refractivity contribution in [3.8, 4) is 17.0 Å². The highest BCUT2D eigenvalue weighted by molar-refractivity contribution is 14.1. The third kappa shape index (κ3) is 4.88. The maximum atomic E-state index is 12.7. The average molecular weight is 608 g/mol. The SMILES string of the molecule is COc1cnccc1C(=O)NCc1ccc(-c2nn3c(c2C(N)=O)Nc2ccc(I)cc2CC3)cc1C. The van der Waals surface area contributed by atoms with Crippen LogP contribution < -0.4 is 21.1 Å². The van der Waals surface area contributed by atoms with E-state index in [2.05, 4.69) is 44.3 Å². The van der Waals surface area contributed by atoms with Crippen LogP contribution in [-0.4, -0.2) is 33.7 Å². The van der Waals surface area contributed by atoms with E-state index in [1.807, 2.05) is 41.9 Å². The third-order valence-electron chi connectivity index (χ3n) is 6.42. The van der Waals surface area contributed by atoms with E-state index in [4.69, 9.17) is 15.6 Å². The lowest BCUT2D eigenvalue weighted by Crippen LogP contribution is -2.23. The molecule has 4 aromatic rings. The van der Waals surface area contributed by atoms with Crippen molar-refractivity contribution in [2.75, 3.05) is 12.4 Å². The lowest BCUT2D eigenvalue weighted by molar-refractivity contribution is 0.0946. The number of aryl methyl sites for hydroxylation is 3. The zero-order valence-electron chi connectivity index (χ0n) is 20.3. The van der Waals surface area contributed by atoms with Crippen molar-refractivity contribution in [3.63, 3.8) is 0 Å². The largest absolute Gasteiger partial charge is 0.494 e. The number of carbonyl (C=O) groups is 2. The number of hydrogen-bond acceptors (Lipinski definition) is 6. The summed E-state index contributed by atoms with van der Waals surface area (Å²) in [6.07, 6.45) is 3.84. The molecule has 0 aliphatic carbocycles. The lowest BCUT2D eigenvalue weighted by Gasteiger charge is -2.12. The van der Waals surface area contributed by atoms with Gasteiger partial charge in [0.1, 0.15) is 22.8 Å². The number of primary amides is 1. The Morgan fingerprint density at radius 3 is 2.81 bits per heavy atom. The number of benzene rings is 2. The number of nitrogens with zero attached hydrogens (tertiary/aromatic N) is 3. The number of halogens is 1. The van der Waals surface area contributed by atoms with Gasteiger partial charge in [-0.1, -0.05) is 12.1 Å². The molecule has 0 saturated carbocycles. The minimum atomic E-state index is -0.544. The van der Waals surface area contributed by atoms with Crippen LogP contribution >= 0.6 is 22.6 Å². The standard InChI is InChI=1S/C27H25IN6O3/c1-15-11-17(3-4-18(15)13-31-27(36)20-7-9-30-14-22(20)37-2)24-23(25(29)35)26-32-21-6-5-19(28)12-16(21)8-10-34(26)33-24/h3-7,9,11-12,14,32H,8,10,13H2,1-2H3,(H2,29,35)(H,31,36). The summed E-state index contributed by atoms with van der Waals surface area (Å²) < 4.78 is 8.20. The molecule has 3 heterocycles. The van der Waals surface area contributed by atoms with Crippen molar-refractivity contribution < 1.29 is 14.3 Å². The van der Waals surface area contributed by atoms with Crippen molar-refractivity contribution in [1.29, 1.82) is 0 Å². The zero-order valence-corrected chi connectivity index (χ0v) is 22.5. The van der Waals surface area contributed by atoms with Crippen LogP contribution in [0.1, 0.15) is 37.4 Å². The highest BCUT2D eigenvalue weighted by atomic mass is 127. The van der Waals surface area contributed by atoms with E-state index in [9.17, 15) is 9.59 Å². The van der Waals surface area contributed by atoms with Crippen LogP contribution in [0.15, 0.2) is 54.9 Å². The van der Waals surface area contributed by atoms with E-state index >= 15 is 0 Å². The number of methoxy groups -OCH3 is 1. The molecule has 0 unspecified atom stereocenters. The minimum absolute atomic E-state index is 0.252. The molecule has 37 heavy (non-hydrogen) atoms. The van der Waals surface area contributed by atoms with E-state index < -0.39 is 5.91 Å². The summed E-state index contributed by atoms with van der Waals surface area (Å²) in [6, 6.07) is 13.6. The van der Waals surface area contributed by atoms with E-state index in [1.54, 1.807) is 12.3 Å². The second-order valence-corrected chi connectivity index (χ2v) is 9.98. The van der Waals surface area contributed by atoms with Gasteiger partial charge < -0.3 is 21.1 Å². The van der Waals surface area contributed by atoms with Gasteiger partial charge in [-0.3, -0.25) is 14.6 Å². The normalized spacial score (nSPS) is 12.1. The van der Waals surface area contributed by atoms with Gasteiger partial charge in [-0.25, -0.2) is 4.68 Å². The van der Waals surface area contributed by atoms with Gasteiger partial charge in [-0.2, -0.15) is 5.10 Å². The van der Waals surface area contributed by atoms with Gasteiger partial charge in [0.25, 0.3) is 11.8 Å². The smallest absolute Gasteiger partial charge is 0.255 e. The number of amides is 2. The molecule has 2 amide bonds. The Hall–Kier alpha value is -3.93. The first kappa shape index (κ1) is 24.8. The summed E-state index contributed by atoms with van der Waals surface area (Å²) in [5.74, 6) is 0.218. The molecule has 188 valence electrons. The number of rotatable bonds is 6. The van der Waals surface area contributed by atoms with Crippen LogP contribution in [0.3, 0.4) is 0 Å². The first-order valence-corrected chi connectivity index (χ1v) is 12.8. The molecule has 9 nitrogen and oxygen atoms in total. The minimum Gasteiger partial charge on any atom is -0.494 e. The molecule has 0 saturated heterocycles. The molecule has 0 fully saturated rings.